The van der Waals surface area contributed by atoms with Crippen LogP contribution in [0.4, 0.5) is 11.4 Å². The van der Waals surface area contributed by atoms with E-state index in [1.165, 1.54) is 6.07 Å². The van der Waals surface area contributed by atoms with Gasteiger partial charge in [-0.3, -0.25) is 19.7 Å². The van der Waals surface area contributed by atoms with E-state index in [0.717, 1.165) is 12.1 Å². The summed E-state index contributed by atoms with van der Waals surface area (Å²) < 4.78 is 0. The molecule has 1 atom stereocenters. The first-order valence-corrected chi connectivity index (χ1v) is 6.02. The zero-order valence-corrected chi connectivity index (χ0v) is 11.9. The second kappa shape index (κ2) is 8.41. The first-order valence-electron chi connectivity index (χ1n) is 6.02. The molecule has 0 aliphatic carbocycles. The number of benzene rings is 1. The second-order valence-corrected chi connectivity index (χ2v) is 4.33. The van der Waals surface area contributed by atoms with Crippen LogP contribution in [0.25, 0.3) is 0 Å². The third-order valence-electron chi connectivity index (χ3n) is 2.71. The molecule has 0 fully saturated rings. The molecule has 1 aromatic rings. The Balaban J connectivity index is 0.00000484. The number of nitro groups is 1. The molecule has 1 unspecified atom stereocenters. The lowest BCUT2D eigenvalue weighted by atomic mass is 10.1. The predicted octanol–water partition coefficient (Wildman–Crippen LogP) is 0.586. The fourth-order valence-corrected chi connectivity index (χ4v) is 1.58. The lowest BCUT2D eigenvalue weighted by Crippen LogP contribution is -2.31. The van der Waals surface area contributed by atoms with Crippen molar-refractivity contribution in [3.63, 3.8) is 0 Å². The molecular formula is C12H16N4O7. The van der Waals surface area contributed by atoms with Crippen LogP contribution >= 0.6 is 0 Å². The van der Waals surface area contributed by atoms with Crippen LogP contribution in [0.15, 0.2) is 18.2 Å². The number of nitrogens with one attached hydrogen (secondary N) is 1. The van der Waals surface area contributed by atoms with Crippen molar-refractivity contribution in [1.29, 1.82) is 0 Å². The van der Waals surface area contributed by atoms with Crippen molar-refractivity contribution >= 4 is 29.2 Å². The Morgan fingerprint density at radius 2 is 1.91 bits per heavy atom. The molecule has 126 valence electrons. The van der Waals surface area contributed by atoms with Gasteiger partial charge >= 0.3 is 11.9 Å². The number of carboxylic acid groups (broad SMARTS) is 2. The van der Waals surface area contributed by atoms with Gasteiger partial charge in [0.1, 0.15) is 11.6 Å². The minimum atomic E-state index is -1.50. The molecule has 8 N–H and O–H groups in total. The van der Waals surface area contributed by atoms with Crippen molar-refractivity contribution in [2.75, 3.05) is 5.32 Å². The number of aliphatic carboxylic acids is 1. The van der Waals surface area contributed by atoms with E-state index in [1.54, 1.807) is 0 Å². The van der Waals surface area contributed by atoms with E-state index in [9.17, 15) is 24.5 Å². The number of nitrogens with zero attached hydrogens (tertiary/aromatic N) is 1. The molecule has 0 spiro atoms. The van der Waals surface area contributed by atoms with Crippen molar-refractivity contribution in [1.82, 2.24) is 6.15 Å². The fourth-order valence-electron chi connectivity index (χ4n) is 1.58. The molecule has 1 amide bonds. The van der Waals surface area contributed by atoms with Crippen LogP contribution in [-0.4, -0.2) is 39.0 Å². The standard InChI is InChI=1S/C12H13N3O7.H3N/c13-8(12(19)20)2-4-10(16)14-6-1-3-9(15(21)22)7(5-6)11(17)18;/h1,3,5,8H,2,4,13H2,(H,14,16)(H,17,18)(H,19,20);1H3. The Kier molecular flexibility index (Phi) is 7.29. The number of carbonyl (C=O) groups is 3. The number of aromatic carboxylic acids is 1. The number of rotatable bonds is 7. The highest BCUT2D eigenvalue weighted by Crippen LogP contribution is 2.22. The largest absolute Gasteiger partial charge is 0.480 e. The number of carbonyl (C=O) groups excluding carboxylic acids is 1. The monoisotopic (exact) mass is 328 g/mol. The lowest BCUT2D eigenvalue weighted by molar-refractivity contribution is -0.385. The van der Waals surface area contributed by atoms with Crippen LogP contribution < -0.4 is 17.2 Å². The Hall–Kier alpha value is -3.05. The maximum atomic E-state index is 11.6. The van der Waals surface area contributed by atoms with Crippen LogP contribution in [-0.2, 0) is 9.59 Å². The number of hydrogen-bond acceptors (Lipinski definition) is 7. The van der Waals surface area contributed by atoms with Crippen LogP contribution in [0.5, 0.6) is 0 Å². The summed E-state index contributed by atoms with van der Waals surface area (Å²) >= 11 is 0. The van der Waals surface area contributed by atoms with Gasteiger partial charge in [0.15, 0.2) is 0 Å². The fraction of sp³-hybridized carbons (Fsp3) is 0.250. The van der Waals surface area contributed by atoms with Gasteiger partial charge in [0.2, 0.25) is 5.91 Å². The predicted molar refractivity (Wildman–Crippen MR) is 78.6 cm³/mol. The molecule has 0 aliphatic rings. The van der Waals surface area contributed by atoms with Crippen LogP contribution in [0, 0.1) is 10.1 Å². The molecule has 0 aromatic heterocycles. The van der Waals surface area contributed by atoms with Gasteiger partial charge in [0, 0.05) is 18.2 Å². The molecule has 0 saturated heterocycles. The Morgan fingerprint density at radius 1 is 1.30 bits per heavy atom. The molecule has 11 heteroatoms. The third kappa shape index (κ3) is 5.68. The number of carboxylic acids is 2. The molecule has 0 radical (unpaired) electrons. The number of hydrogen-bond donors (Lipinski definition) is 5. The Morgan fingerprint density at radius 3 is 2.39 bits per heavy atom. The third-order valence-corrected chi connectivity index (χ3v) is 2.71. The highest BCUT2D eigenvalue weighted by Gasteiger charge is 2.20. The summed E-state index contributed by atoms with van der Waals surface area (Å²) in [5.41, 5.74) is 4.13. The number of amides is 1. The Labute approximate surface area is 129 Å². The maximum Gasteiger partial charge on any atom is 0.342 e. The van der Waals surface area contributed by atoms with Crippen LogP contribution in [0.1, 0.15) is 23.2 Å². The molecule has 0 aliphatic heterocycles. The van der Waals surface area contributed by atoms with Crippen molar-refractivity contribution in [3.8, 4) is 0 Å². The van der Waals surface area contributed by atoms with Gasteiger partial charge in [0.25, 0.3) is 5.69 Å². The summed E-state index contributed by atoms with van der Waals surface area (Å²) in [4.78, 5) is 42.9. The molecule has 0 bridgehead atoms. The maximum absolute atomic E-state index is 11.6. The summed E-state index contributed by atoms with van der Waals surface area (Å²) in [6.07, 6.45) is -0.285. The smallest absolute Gasteiger partial charge is 0.342 e. The first kappa shape index (κ1) is 19.9. The normalized spacial score (nSPS) is 11.0. The molecular weight excluding hydrogens is 312 g/mol. The van der Waals surface area contributed by atoms with E-state index in [1.807, 2.05) is 0 Å². The summed E-state index contributed by atoms with van der Waals surface area (Å²) in [5, 5.41) is 30.5. The number of nitrogens with two attached hydrogens (primary N) is 1. The van der Waals surface area contributed by atoms with Gasteiger partial charge < -0.3 is 27.4 Å². The molecule has 1 rings (SSSR count). The molecule has 23 heavy (non-hydrogen) atoms. The SMILES string of the molecule is N.NC(CCC(=O)Nc1ccc([N+](=O)[O-])c(C(=O)O)c1)C(=O)O. The van der Waals surface area contributed by atoms with Crippen molar-refractivity contribution < 1.29 is 29.5 Å². The lowest BCUT2D eigenvalue weighted by Gasteiger charge is -2.08. The van der Waals surface area contributed by atoms with E-state index in [4.69, 9.17) is 15.9 Å². The first-order chi connectivity index (χ1) is 10.2. The minimum Gasteiger partial charge on any atom is -0.480 e. The minimum absolute atomic E-state index is 0. The molecule has 0 heterocycles. The Bertz CT molecular complexity index is 632. The molecule has 1 aromatic carbocycles. The molecule has 11 nitrogen and oxygen atoms in total. The highest BCUT2D eigenvalue weighted by atomic mass is 16.6. The number of anilines is 1. The number of nitro benzene ring substituents is 1. The van der Waals surface area contributed by atoms with E-state index < -0.39 is 40.1 Å². The zero-order valence-electron chi connectivity index (χ0n) is 11.9. The summed E-state index contributed by atoms with van der Waals surface area (Å²) in [7, 11) is 0. The average Bonchev–Trinajstić information content (AvgIpc) is 2.44. The summed E-state index contributed by atoms with van der Waals surface area (Å²) in [6.45, 7) is 0. The van der Waals surface area contributed by atoms with Gasteiger partial charge in [-0.05, 0) is 18.6 Å². The van der Waals surface area contributed by atoms with Crippen molar-refractivity contribution in [2.24, 2.45) is 5.73 Å². The summed E-state index contributed by atoms with van der Waals surface area (Å²) in [5.74, 6) is -3.33. The average molecular weight is 328 g/mol. The second-order valence-electron chi connectivity index (χ2n) is 4.33. The van der Waals surface area contributed by atoms with E-state index >= 15 is 0 Å². The topological polar surface area (TPSA) is 208 Å². The van der Waals surface area contributed by atoms with Gasteiger partial charge in [-0.1, -0.05) is 0 Å². The zero-order chi connectivity index (χ0) is 16.9. The van der Waals surface area contributed by atoms with Crippen molar-refractivity contribution in [3.05, 3.63) is 33.9 Å². The van der Waals surface area contributed by atoms with Gasteiger partial charge in [-0.25, -0.2) is 4.79 Å². The van der Waals surface area contributed by atoms with E-state index in [0.29, 0.717) is 0 Å². The van der Waals surface area contributed by atoms with Crippen LogP contribution in [0.3, 0.4) is 0 Å². The highest BCUT2D eigenvalue weighted by molar-refractivity contribution is 5.96. The van der Waals surface area contributed by atoms with Gasteiger partial charge in [0.05, 0.1) is 4.92 Å². The quantitative estimate of drug-likeness (QED) is 0.349. The van der Waals surface area contributed by atoms with Gasteiger partial charge in [-0.2, -0.15) is 0 Å². The van der Waals surface area contributed by atoms with Crippen molar-refractivity contribution in [2.45, 2.75) is 18.9 Å². The van der Waals surface area contributed by atoms with E-state index in [2.05, 4.69) is 5.32 Å². The van der Waals surface area contributed by atoms with Gasteiger partial charge in [-0.15, -0.1) is 0 Å². The summed E-state index contributed by atoms with van der Waals surface area (Å²) in [6, 6.07) is 1.91. The van der Waals surface area contributed by atoms with E-state index in [-0.39, 0.29) is 24.7 Å². The van der Waals surface area contributed by atoms with Crippen LogP contribution in [0.2, 0.25) is 0 Å². The molecule has 0 saturated carbocycles.